The molecule has 2 heterocycles. The zero-order valence-electron chi connectivity index (χ0n) is 16.6. The third-order valence-corrected chi connectivity index (χ3v) is 5.70. The molecule has 0 spiro atoms. The Morgan fingerprint density at radius 3 is 2.14 bits per heavy atom. The molecule has 2 aliphatic rings. The second-order valence-electron chi connectivity index (χ2n) is 7.95. The lowest BCUT2D eigenvalue weighted by Crippen LogP contribution is -2.37. The van der Waals surface area contributed by atoms with Gasteiger partial charge in [-0.1, -0.05) is 31.2 Å². The largest absolute Gasteiger partial charge is 0.325 e. The molecule has 1 fully saturated rings. The van der Waals surface area contributed by atoms with Gasteiger partial charge in [0, 0.05) is 12.2 Å². The quantitative estimate of drug-likeness (QED) is 0.795. The van der Waals surface area contributed by atoms with Crippen LogP contribution in [0.15, 0.2) is 48.5 Å². The first-order chi connectivity index (χ1) is 14.0. The van der Waals surface area contributed by atoms with Gasteiger partial charge in [0.2, 0.25) is 5.91 Å². The fourth-order valence-electron chi connectivity index (χ4n) is 3.90. The number of rotatable bonds is 5. The molecule has 0 aliphatic carbocycles. The number of carbonyl (C=O) groups excluding carboxylic acids is 3. The van der Waals surface area contributed by atoms with Crippen LogP contribution < -0.4 is 5.32 Å². The average Bonchev–Trinajstić information content (AvgIpc) is 2.96. The molecule has 2 aliphatic heterocycles. The lowest BCUT2D eigenvalue weighted by atomic mass is 9.99. The maximum atomic E-state index is 12.4. The number of fused-ring (bicyclic) bond motifs is 1. The molecular weight excluding hydrogens is 366 g/mol. The molecule has 0 unspecified atom stereocenters. The van der Waals surface area contributed by atoms with E-state index in [-0.39, 0.29) is 6.54 Å². The minimum absolute atomic E-state index is 0.292. The molecule has 2 aromatic rings. The van der Waals surface area contributed by atoms with Crippen molar-refractivity contribution in [2.75, 3.05) is 25.0 Å². The Balaban J connectivity index is 1.32. The van der Waals surface area contributed by atoms with Gasteiger partial charge in [-0.2, -0.15) is 0 Å². The highest BCUT2D eigenvalue weighted by molar-refractivity contribution is 6.22. The van der Waals surface area contributed by atoms with Crippen LogP contribution in [0, 0.1) is 5.92 Å². The van der Waals surface area contributed by atoms with Gasteiger partial charge in [0.15, 0.2) is 0 Å². The standard InChI is InChI=1S/C23H25N3O3/c1-16-10-12-25(13-11-16)14-17-6-8-18(9-7-17)24-21(27)15-26-22(28)19-4-2-3-5-20(19)23(26)29/h2-9,16H,10-15H2,1H3,(H,24,27). The molecule has 0 radical (unpaired) electrons. The predicted octanol–water partition coefficient (Wildman–Crippen LogP) is 3.15. The summed E-state index contributed by atoms with van der Waals surface area (Å²) in [5.74, 6) is -0.429. The summed E-state index contributed by atoms with van der Waals surface area (Å²) in [5.41, 5.74) is 2.56. The van der Waals surface area contributed by atoms with Crippen LogP contribution in [0.2, 0.25) is 0 Å². The average molecular weight is 391 g/mol. The minimum atomic E-state index is -0.424. The van der Waals surface area contributed by atoms with Crippen LogP contribution in [-0.2, 0) is 11.3 Å². The SMILES string of the molecule is CC1CCN(Cc2ccc(NC(=O)CN3C(=O)c4ccccc4C3=O)cc2)CC1. The highest BCUT2D eigenvalue weighted by Gasteiger charge is 2.36. The molecule has 3 amide bonds. The number of likely N-dealkylation sites (tertiary alicyclic amines) is 1. The first-order valence-corrected chi connectivity index (χ1v) is 10.1. The van der Waals surface area contributed by atoms with E-state index in [1.165, 1.54) is 18.4 Å². The molecule has 6 heteroatoms. The van der Waals surface area contributed by atoms with E-state index in [0.29, 0.717) is 16.8 Å². The number of anilines is 1. The summed E-state index contributed by atoms with van der Waals surface area (Å²) in [6.45, 7) is 5.17. The summed E-state index contributed by atoms with van der Waals surface area (Å²) >= 11 is 0. The van der Waals surface area contributed by atoms with Crippen LogP contribution in [0.1, 0.15) is 46.0 Å². The molecule has 6 nitrogen and oxygen atoms in total. The van der Waals surface area contributed by atoms with Gasteiger partial charge >= 0.3 is 0 Å². The van der Waals surface area contributed by atoms with Crippen molar-refractivity contribution in [3.63, 3.8) is 0 Å². The Labute approximate surface area is 170 Å². The van der Waals surface area contributed by atoms with Crippen molar-refractivity contribution in [1.29, 1.82) is 0 Å². The van der Waals surface area contributed by atoms with Crippen LogP contribution in [0.4, 0.5) is 5.69 Å². The number of nitrogens with one attached hydrogen (secondary N) is 1. The van der Waals surface area contributed by atoms with E-state index >= 15 is 0 Å². The van der Waals surface area contributed by atoms with E-state index in [1.807, 2.05) is 24.3 Å². The highest BCUT2D eigenvalue weighted by Crippen LogP contribution is 2.22. The van der Waals surface area contributed by atoms with Gasteiger partial charge in [0.1, 0.15) is 6.54 Å². The maximum Gasteiger partial charge on any atom is 0.262 e. The molecule has 2 aromatic carbocycles. The van der Waals surface area contributed by atoms with Crippen LogP contribution in [0.25, 0.3) is 0 Å². The van der Waals surface area contributed by atoms with E-state index in [4.69, 9.17) is 0 Å². The highest BCUT2D eigenvalue weighted by atomic mass is 16.2. The smallest absolute Gasteiger partial charge is 0.262 e. The second-order valence-corrected chi connectivity index (χ2v) is 7.95. The summed E-state index contributed by atoms with van der Waals surface area (Å²) < 4.78 is 0. The molecule has 1 saturated heterocycles. The van der Waals surface area contributed by atoms with Crippen LogP contribution in [0.5, 0.6) is 0 Å². The van der Waals surface area contributed by atoms with Gasteiger partial charge < -0.3 is 5.32 Å². The lowest BCUT2D eigenvalue weighted by molar-refractivity contribution is -0.116. The van der Waals surface area contributed by atoms with Gasteiger partial charge in [0.05, 0.1) is 11.1 Å². The van der Waals surface area contributed by atoms with Gasteiger partial charge in [-0.15, -0.1) is 0 Å². The Morgan fingerprint density at radius 2 is 1.55 bits per heavy atom. The maximum absolute atomic E-state index is 12.4. The Bertz CT molecular complexity index is 896. The fourth-order valence-corrected chi connectivity index (χ4v) is 3.90. The molecule has 1 N–H and O–H groups in total. The first-order valence-electron chi connectivity index (χ1n) is 10.1. The van der Waals surface area contributed by atoms with Crippen molar-refractivity contribution in [3.8, 4) is 0 Å². The summed E-state index contributed by atoms with van der Waals surface area (Å²) in [6, 6.07) is 14.4. The normalized spacial score (nSPS) is 17.5. The van der Waals surface area contributed by atoms with E-state index in [0.717, 1.165) is 30.5 Å². The summed E-state index contributed by atoms with van der Waals surface area (Å²) in [5, 5.41) is 2.77. The molecule has 0 atom stereocenters. The second kappa shape index (κ2) is 8.17. The van der Waals surface area contributed by atoms with Crippen LogP contribution in [0.3, 0.4) is 0 Å². The Hall–Kier alpha value is -2.99. The van der Waals surface area contributed by atoms with Crippen LogP contribution >= 0.6 is 0 Å². The molecule has 0 bridgehead atoms. The Kier molecular flexibility index (Phi) is 5.45. The minimum Gasteiger partial charge on any atom is -0.325 e. The number of amides is 3. The first kappa shape index (κ1) is 19.3. The fraction of sp³-hybridized carbons (Fsp3) is 0.348. The number of hydrogen-bond acceptors (Lipinski definition) is 4. The number of piperidine rings is 1. The van der Waals surface area contributed by atoms with E-state index in [1.54, 1.807) is 24.3 Å². The molecule has 0 aromatic heterocycles. The molecule has 4 rings (SSSR count). The number of nitrogens with zero attached hydrogens (tertiary/aromatic N) is 2. The number of benzene rings is 2. The van der Waals surface area contributed by atoms with Crippen molar-refractivity contribution in [2.45, 2.75) is 26.3 Å². The van der Waals surface area contributed by atoms with Crippen molar-refractivity contribution in [2.24, 2.45) is 5.92 Å². The monoisotopic (exact) mass is 391 g/mol. The van der Waals surface area contributed by atoms with Crippen molar-refractivity contribution >= 4 is 23.4 Å². The van der Waals surface area contributed by atoms with Gasteiger partial charge in [-0.3, -0.25) is 24.2 Å². The predicted molar refractivity (Wildman–Crippen MR) is 111 cm³/mol. The van der Waals surface area contributed by atoms with E-state index in [9.17, 15) is 14.4 Å². The van der Waals surface area contributed by atoms with Crippen molar-refractivity contribution in [3.05, 3.63) is 65.2 Å². The number of imide groups is 1. The third-order valence-electron chi connectivity index (χ3n) is 5.70. The zero-order chi connectivity index (χ0) is 20.4. The van der Waals surface area contributed by atoms with Gasteiger partial charge in [-0.05, 0) is 61.7 Å². The van der Waals surface area contributed by atoms with E-state index in [2.05, 4.69) is 17.1 Å². The molecule has 29 heavy (non-hydrogen) atoms. The van der Waals surface area contributed by atoms with Crippen molar-refractivity contribution in [1.82, 2.24) is 9.80 Å². The lowest BCUT2D eigenvalue weighted by Gasteiger charge is -2.30. The number of carbonyl (C=O) groups is 3. The molecule has 150 valence electrons. The summed E-state index contributed by atoms with van der Waals surface area (Å²) in [6.07, 6.45) is 2.48. The molecule has 0 saturated carbocycles. The van der Waals surface area contributed by atoms with Crippen LogP contribution in [-0.4, -0.2) is 47.2 Å². The zero-order valence-corrected chi connectivity index (χ0v) is 16.6. The van der Waals surface area contributed by atoms with E-state index < -0.39 is 17.7 Å². The summed E-state index contributed by atoms with van der Waals surface area (Å²) in [7, 11) is 0. The van der Waals surface area contributed by atoms with Gasteiger partial charge in [-0.25, -0.2) is 0 Å². The van der Waals surface area contributed by atoms with Crippen molar-refractivity contribution < 1.29 is 14.4 Å². The van der Waals surface area contributed by atoms with Gasteiger partial charge in [0.25, 0.3) is 11.8 Å². The molecular formula is C23H25N3O3. The topological polar surface area (TPSA) is 69.7 Å². The Morgan fingerprint density at radius 1 is 0.966 bits per heavy atom. The third kappa shape index (κ3) is 4.22. The summed E-state index contributed by atoms with van der Waals surface area (Å²) in [4.78, 5) is 40.6. The number of hydrogen-bond donors (Lipinski definition) is 1.